The summed E-state index contributed by atoms with van der Waals surface area (Å²) in [4.78, 5) is 12.5. The maximum absolute atomic E-state index is 12.5. The zero-order valence-corrected chi connectivity index (χ0v) is 15.8. The van der Waals surface area contributed by atoms with Gasteiger partial charge in [-0.15, -0.1) is 5.10 Å². The zero-order valence-electron chi connectivity index (χ0n) is 15.0. The minimum atomic E-state index is -3.50. The van der Waals surface area contributed by atoms with Crippen molar-refractivity contribution >= 4 is 15.9 Å². The Morgan fingerprint density at radius 3 is 2.36 bits per heavy atom. The summed E-state index contributed by atoms with van der Waals surface area (Å²) in [6.07, 6.45) is 1.55. The fourth-order valence-corrected chi connectivity index (χ4v) is 4.49. The van der Waals surface area contributed by atoms with Crippen LogP contribution in [0.1, 0.15) is 22.1 Å². The van der Waals surface area contributed by atoms with Crippen molar-refractivity contribution in [1.82, 2.24) is 24.6 Å². The summed E-state index contributed by atoms with van der Waals surface area (Å²) >= 11 is 0. The molecule has 0 unspecified atom stereocenters. The van der Waals surface area contributed by atoms with Crippen molar-refractivity contribution < 1.29 is 13.2 Å². The van der Waals surface area contributed by atoms with Gasteiger partial charge in [-0.3, -0.25) is 4.79 Å². The summed E-state index contributed by atoms with van der Waals surface area (Å²) in [6, 6.07) is 17.8. The highest BCUT2D eigenvalue weighted by Gasteiger charge is 2.38. The highest BCUT2D eigenvalue weighted by Crippen LogP contribution is 2.27. The monoisotopic (exact) mass is 397 g/mol. The Bertz CT molecular complexity index is 1060. The molecule has 1 fully saturated rings. The lowest BCUT2D eigenvalue weighted by Gasteiger charge is -2.37. The van der Waals surface area contributed by atoms with E-state index in [4.69, 9.17) is 0 Å². The van der Waals surface area contributed by atoms with E-state index in [0.717, 1.165) is 5.56 Å². The number of rotatable bonds is 6. The van der Waals surface area contributed by atoms with Crippen LogP contribution in [0.4, 0.5) is 0 Å². The predicted molar refractivity (Wildman–Crippen MR) is 102 cm³/mol. The molecule has 1 N–H and O–H groups in total. The third-order valence-corrected chi connectivity index (χ3v) is 6.47. The van der Waals surface area contributed by atoms with Crippen molar-refractivity contribution in [2.24, 2.45) is 0 Å². The largest absolute Gasteiger partial charge is 0.347 e. The molecule has 3 aromatic rings. The second-order valence-corrected chi connectivity index (χ2v) is 8.48. The SMILES string of the molecule is O=C(NCc1ccccc1)c1cn(C2CN(S(=O)(=O)c3ccccc3)C2)nn1. The summed E-state index contributed by atoms with van der Waals surface area (Å²) < 4.78 is 28.0. The van der Waals surface area contributed by atoms with E-state index in [1.807, 2.05) is 30.3 Å². The number of nitrogens with one attached hydrogen (secondary N) is 1. The number of sulfonamides is 1. The summed E-state index contributed by atoms with van der Waals surface area (Å²) in [5, 5.41) is 10.7. The molecule has 28 heavy (non-hydrogen) atoms. The first-order valence-electron chi connectivity index (χ1n) is 8.83. The fourth-order valence-electron chi connectivity index (χ4n) is 2.95. The summed E-state index contributed by atoms with van der Waals surface area (Å²) in [5.41, 5.74) is 1.20. The van der Waals surface area contributed by atoms with E-state index in [9.17, 15) is 13.2 Å². The average Bonchev–Trinajstić information content (AvgIpc) is 3.16. The maximum atomic E-state index is 12.5. The van der Waals surface area contributed by atoms with Crippen molar-refractivity contribution in [1.29, 1.82) is 0 Å². The molecule has 1 aliphatic heterocycles. The Morgan fingerprint density at radius 2 is 1.68 bits per heavy atom. The minimum Gasteiger partial charge on any atom is -0.347 e. The Labute approximate surface area is 162 Å². The Kier molecular flexibility index (Phi) is 4.93. The van der Waals surface area contributed by atoms with E-state index < -0.39 is 10.0 Å². The molecule has 144 valence electrons. The van der Waals surface area contributed by atoms with E-state index in [1.54, 1.807) is 41.2 Å². The van der Waals surface area contributed by atoms with Gasteiger partial charge in [0.05, 0.1) is 17.1 Å². The normalized spacial score (nSPS) is 15.1. The number of nitrogens with zero attached hydrogens (tertiary/aromatic N) is 4. The van der Waals surface area contributed by atoms with Crippen molar-refractivity contribution in [2.45, 2.75) is 17.5 Å². The van der Waals surface area contributed by atoms with Gasteiger partial charge >= 0.3 is 0 Å². The third-order valence-electron chi connectivity index (χ3n) is 4.62. The van der Waals surface area contributed by atoms with Crippen LogP contribution in [0, 0.1) is 0 Å². The quantitative estimate of drug-likeness (QED) is 0.679. The van der Waals surface area contributed by atoms with Gasteiger partial charge in [-0.25, -0.2) is 13.1 Å². The van der Waals surface area contributed by atoms with Crippen molar-refractivity contribution in [3.8, 4) is 0 Å². The second kappa shape index (κ2) is 7.53. The lowest BCUT2D eigenvalue weighted by molar-refractivity contribution is 0.0945. The topological polar surface area (TPSA) is 97.2 Å². The van der Waals surface area contributed by atoms with Crippen LogP contribution >= 0.6 is 0 Å². The van der Waals surface area contributed by atoms with E-state index in [0.29, 0.717) is 19.6 Å². The number of carbonyl (C=O) groups is 1. The number of hydrogen-bond acceptors (Lipinski definition) is 5. The van der Waals surface area contributed by atoms with Crippen molar-refractivity contribution in [3.05, 3.63) is 78.1 Å². The molecule has 0 saturated carbocycles. The summed E-state index contributed by atoms with van der Waals surface area (Å²) in [5.74, 6) is -0.316. The highest BCUT2D eigenvalue weighted by molar-refractivity contribution is 7.89. The average molecular weight is 397 g/mol. The van der Waals surface area contributed by atoms with Gasteiger partial charge < -0.3 is 5.32 Å². The van der Waals surface area contributed by atoms with E-state index >= 15 is 0 Å². The van der Waals surface area contributed by atoms with Crippen LogP contribution in [0.25, 0.3) is 0 Å². The van der Waals surface area contributed by atoms with Crippen molar-refractivity contribution in [3.63, 3.8) is 0 Å². The molecule has 2 aromatic carbocycles. The van der Waals surface area contributed by atoms with Crippen LogP contribution in [0.3, 0.4) is 0 Å². The molecule has 2 heterocycles. The zero-order chi connectivity index (χ0) is 19.6. The molecule has 0 spiro atoms. The molecular formula is C19H19N5O3S. The van der Waals surface area contributed by atoms with Crippen LogP contribution < -0.4 is 5.32 Å². The first-order chi connectivity index (χ1) is 13.5. The van der Waals surface area contributed by atoms with Gasteiger partial charge in [0.25, 0.3) is 5.91 Å². The van der Waals surface area contributed by atoms with Gasteiger partial charge in [-0.05, 0) is 17.7 Å². The van der Waals surface area contributed by atoms with E-state index in [-0.39, 0.29) is 22.5 Å². The molecule has 0 radical (unpaired) electrons. The van der Waals surface area contributed by atoms with Gasteiger partial charge in [0.1, 0.15) is 0 Å². The number of carbonyl (C=O) groups excluding carboxylic acids is 1. The Hall–Kier alpha value is -3.04. The van der Waals surface area contributed by atoms with Crippen LogP contribution in [0.5, 0.6) is 0 Å². The molecule has 9 heteroatoms. The molecule has 0 atom stereocenters. The number of aromatic nitrogens is 3. The maximum Gasteiger partial charge on any atom is 0.273 e. The lowest BCUT2D eigenvalue weighted by Crippen LogP contribution is -2.50. The number of hydrogen-bond donors (Lipinski definition) is 1. The highest BCUT2D eigenvalue weighted by atomic mass is 32.2. The number of benzene rings is 2. The molecule has 1 saturated heterocycles. The van der Waals surface area contributed by atoms with E-state index in [2.05, 4.69) is 15.6 Å². The molecule has 4 rings (SSSR count). The third kappa shape index (κ3) is 3.67. The second-order valence-electron chi connectivity index (χ2n) is 6.54. The van der Waals surface area contributed by atoms with Gasteiger partial charge in [-0.1, -0.05) is 53.7 Å². The van der Waals surface area contributed by atoms with Gasteiger partial charge in [0, 0.05) is 19.6 Å². The molecule has 1 aliphatic rings. The molecule has 0 aliphatic carbocycles. The van der Waals surface area contributed by atoms with Crippen LogP contribution in [0.2, 0.25) is 0 Å². The van der Waals surface area contributed by atoms with Crippen LogP contribution in [-0.4, -0.2) is 46.7 Å². The summed E-state index contributed by atoms with van der Waals surface area (Å²) in [7, 11) is -3.50. The van der Waals surface area contributed by atoms with E-state index in [1.165, 1.54) is 4.31 Å². The van der Waals surface area contributed by atoms with Crippen molar-refractivity contribution in [2.75, 3.05) is 13.1 Å². The minimum absolute atomic E-state index is 0.137. The van der Waals surface area contributed by atoms with Crippen LogP contribution in [-0.2, 0) is 16.6 Å². The smallest absolute Gasteiger partial charge is 0.273 e. The number of amides is 1. The molecule has 8 nitrogen and oxygen atoms in total. The predicted octanol–water partition coefficient (Wildman–Crippen LogP) is 1.45. The Morgan fingerprint density at radius 1 is 1.04 bits per heavy atom. The molecule has 0 bridgehead atoms. The van der Waals surface area contributed by atoms with Gasteiger partial charge in [0.15, 0.2) is 5.69 Å². The van der Waals surface area contributed by atoms with Gasteiger partial charge in [0.2, 0.25) is 10.0 Å². The van der Waals surface area contributed by atoms with Crippen LogP contribution in [0.15, 0.2) is 71.8 Å². The molecular weight excluding hydrogens is 378 g/mol. The standard InChI is InChI=1S/C19H19N5O3S/c25-19(20-11-15-7-3-1-4-8-15)18-14-24(22-21-18)16-12-23(13-16)28(26,27)17-9-5-2-6-10-17/h1-10,14,16H,11-13H2,(H,20,25). The first kappa shape index (κ1) is 18.3. The lowest BCUT2D eigenvalue weighted by atomic mass is 10.2. The Balaban J connectivity index is 1.35. The molecule has 1 amide bonds. The fraction of sp³-hybridized carbons (Fsp3) is 0.211. The molecule has 1 aromatic heterocycles. The first-order valence-corrected chi connectivity index (χ1v) is 10.3. The van der Waals surface area contributed by atoms with Gasteiger partial charge in [-0.2, -0.15) is 4.31 Å². The summed E-state index contributed by atoms with van der Waals surface area (Å²) in [6.45, 7) is 0.996.